The molecule has 1 fully saturated rings. The minimum Gasteiger partial charge on any atom is -0.317 e. The minimum atomic E-state index is -3.82. The van der Waals surface area contributed by atoms with Crippen LogP contribution in [0.25, 0.3) is 0 Å². The van der Waals surface area contributed by atoms with Crippen molar-refractivity contribution in [1.82, 2.24) is 9.55 Å². The lowest BCUT2D eigenvalue weighted by atomic mass is 10.2. The number of nitrogens with zero attached hydrogens (tertiary/aromatic N) is 3. The number of benzene rings is 1. The van der Waals surface area contributed by atoms with Gasteiger partial charge in [-0.05, 0) is 37.5 Å². The smallest absolute Gasteiger partial charge is 0.284 e. The van der Waals surface area contributed by atoms with E-state index >= 15 is 0 Å². The predicted octanol–water partition coefficient (Wildman–Crippen LogP) is 2.55. The molecule has 0 unspecified atom stereocenters. The molecular weight excluding hydrogens is 322 g/mol. The van der Waals surface area contributed by atoms with E-state index in [1.165, 1.54) is 6.07 Å². The number of aromatic nitrogens is 2. The molecule has 0 aliphatic heterocycles. The highest BCUT2D eigenvalue weighted by atomic mass is 35.5. The molecule has 0 amide bonds. The summed E-state index contributed by atoms with van der Waals surface area (Å²) in [4.78, 5) is 4.45. The van der Waals surface area contributed by atoms with Crippen LogP contribution in [0.2, 0.25) is 5.02 Å². The van der Waals surface area contributed by atoms with Crippen LogP contribution in [0.5, 0.6) is 0 Å². The molecule has 0 N–H and O–H groups in total. The molecule has 1 aromatic carbocycles. The van der Waals surface area contributed by atoms with E-state index in [0.29, 0.717) is 22.0 Å². The third-order valence-electron chi connectivity index (χ3n) is 3.77. The van der Waals surface area contributed by atoms with Crippen molar-refractivity contribution in [1.29, 1.82) is 0 Å². The molecule has 1 saturated carbocycles. The topological polar surface area (TPSA) is 64.3 Å². The first-order chi connectivity index (χ1) is 10.4. The first-order valence-electron chi connectivity index (χ1n) is 6.98. The maximum atomic E-state index is 12.6. The average molecular weight is 338 g/mol. The van der Waals surface area contributed by atoms with E-state index in [9.17, 15) is 8.42 Å². The van der Waals surface area contributed by atoms with Crippen LogP contribution < -0.4 is 5.49 Å². The Morgan fingerprint density at radius 3 is 2.73 bits per heavy atom. The van der Waals surface area contributed by atoms with Crippen molar-refractivity contribution >= 4 is 21.6 Å². The lowest BCUT2D eigenvalue weighted by molar-refractivity contribution is 0.594. The molecule has 7 heteroatoms. The lowest BCUT2D eigenvalue weighted by Crippen LogP contribution is -2.23. The highest BCUT2D eigenvalue weighted by Gasteiger charge is 2.27. The zero-order chi connectivity index (χ0) is 15.9. The molecule has 116 valence electrons. The van der Waals surface area contributed by atoms with Crippen molar-refractivity contribution in [3.63, 3.8) is 0 Å². The lowest BCUT2D eigenvalue weighted by Gasteiger charge is -2.08. The monoisotopic (exact) mass is 337 g/mol. The van der Waals surface area contributed by atoms with Crippen LogP contribution in [-0.2, 0) is 17.1 Å². The summed E-state index contributed by atoms with van der Waals surface area (Å²) in [5.41, 5.74) is 0.878. The highest BCUT2D eigenvalue weighted by Crippen LogP contribution is 2.37. The van der Waals surface area contributed by atoms with Gasteiger partial charge in [-0.3, -0.25) is 0 Å². The molecule has 0 spiro atoms. The third-order valence-corrected chi connectivity index (χ3v) is 5.60. The van der Waals surface area contributed by atoms with Gasteiger partial charge in [-0.25, -0.2) is 4.98 Å². The molecule has 1 aliphatic rings. The normalized spacial score (nSPS) is 16.0. The second kappa shape index (κ2) is 5.52. The van der Waals surface area contributed by atoms with Crippen LogP contribution >= 0.6 is 11.6 Å². The van der Waals surface area contributed by atoms with Crippen LogP contribution in [-0.4, -0.2) is 18.0 Å². The summed E-state index contributed by atoms with van der Waals surface area (Å²) in [5.74, 6) is 1.29. The molecule has 0 saturated heterocycles. The Bertz CT molecular complexity index is 899. The van der Waals surface area contributed by atoms with Crippen LogP contribution in [0.1, 0.15) is 30.1 Å². The van der Waals surface area contributed by atoms with Gasteiger partial charge in [0.05, 0.1) is 4.90 Å². The standard InChI is InChI=1S/C15H16ClN3O2S/c1-10-12(16)4-3-5-13(10)22(20,21)18-14-8-9-17-15(19(14)2)11-6-7-11/h3-5,8-9,11H,6-7H2,1-2H3/b18-14+. The Morgan fingerprint density at radius 2 is 2.05 bits per heavy atom. The maximum Gasteiger partial charge on any atom is 0.284 e. The SMILES string of the molecule is Cc1c(Cl)cccc1S(=O)(=O)/N=c1\ccnc(C2CC2)n1C. The van der Waals surface area contributed by atoms with Gasteiger partial charge < -0.3 is 4.57 Å². The Morgan fingerprint density at radius 1 is 1.32 bits per heavy atom. The van der Waals surface area contributed by atoms with E-state index in [1.54, 1.807) is 42.9 Å². The average Bonchev–Trinajstić information content (AvgIpc) is 3.28. The molecular formula is C15H16ClN3O2S. The van der Waals surface area contributed by atoms with Crippen LogP contribution in [0.3, 0.4) is 0 Å². The summed E-state index contributed by atoms with van der Waals surface area (Å²) in [6.45, 7) is 1.67. The van der Waals surface area contributed by atoms with Crippen molar-refractivity contribution in [3.8, 4) is 0 Å². The zero-order valence-corrected chi connectivity index (χ0v) is 13.9. The van der Waals surface area contributed by atoms with Crippen molar-refractivity contribution < 1.29 is 8.42 Å². The minimum absolute atomic E-state index is 0.129. The van der Waals surface area contributed by atoms with Gasteiger partial charge in [0, 0.05) is 30.3 Å². The summed E-state index contributed by atoms with van der Waals surface area (Å²) in [5, 5.41) is 0.411. The Kier molecular flexibility index (Phi) is 3.82. The van der Waals surface area contributed by atoms with Gasteiger partial charge in [0.25, 0.3) is 10.0 Å². The molecule has 1 aliphatic carbocycles. The van der Waals surface area contributed by atoms with Gasteiger partial charge in [-0.2, -0.15) is 8.42 Å². The Balaban J connectivity index is 2.15. The Hall–Kier alpha value is -1.66. The van der Waals surface area contributed by atoms with Gasteiger partial charge in [-0.1, -0.05) is 17.7 Å². The summed E-state index contributed by atoms with van der Waals surface area (Å²) < 4.78 is 30.8. The summed E-state index contributed by atoms with van der Waals surface area (Å²) in [6.07, 6.45) is 3.78. The second-order valence-corrected chi connectivity index (χ2v) is 7.40. The van der Waals surface area contributed by atoms with Gasteiger partial charge in [0.2, 0.25) is 0 Å². The number of hydrogen-bond donors (Lipinski definition) is 0. The van der Waals surface area contributed by atoms with Crippen LogP contribution in [0.4, 0.5) is 0 Å². The van der Waals surface area contributed by atoms with Crippen molar-refractivity contribution in [2.24, 2.45) is 11.4 Å². The molecule has 0 bridgehead atoms. The number of sulfonamides is 1. The van der Waals surface area contributed by atoms with Crippen molar-refractivity contribution in [2.75, 3.05) is 0 Å². The van der Waals surface area contributed by atoms with E-state index in [0.717, 1.165) is 18.7 Å². The fourth-order valence-electron chi connectivity index (χ4n) is 2.35. The zero-order valence-electron chi connectivity index (χ0n) is 12.3. The van der Waals surface area contributed by atoms with E-state index in [2.05, 4.69) is 9.38 Å². The number of hydrogen-bond acceptors (Lipinski definition) is 3. The maximum absolute atomic E-state index is 12.6. The molecule has 1 aromatic heterocycles. The van der Waals surface area contributed by atoms with Crippen LogP contribution in [0, 0.1) is 6.92 Å². The summed E-state index contributed by atoms with van der Waals surface area (Å²) in [7, 11) is -2.03. The fraction of sp³-hybridized carbons (Fsp3) is 0.333. The van der Waals surface area contributed by atoms with Crippen LogP contribution in [0.15, 0.2) is 39.8 Å². The molecule has 0 atom stereocenters. The number of rotatable bonds is 3. The fourth-order valence-corrected chi connectivity index (χ4v) is 3.85. The molecule has 3 rings (SSSR count). The van der Waals surface area contributed by atoms with E-state index in [-0.39, 0.29) is 4.90 Å². The van der Waals surface area contributed by atoms with Gasteiger partial charge >= 0.3 is 0 Å². The first kappa shape index (κ1) is 15.2. The Labute approximate surface area is 134 Å². The van der Waals surface area contributed by atoms with Gasteiger partial charge in [0.1, 0.15) is 11.3 Å². The van der Waals surface area contributed by atoms with Gasteiger partial charge in [-0.15, -0.1) is 4.40 Å². The van der Waals surface area contributed by atoms with Gasteiger partial charge in [0.15, 0.2) is 0 Å². The molecule has 5 nitrogen and oxygen atoms in total. The highest BCUT2D eigenvalue weighted by molar-refractivity contribution is 7.90. The van der Waals surface area contributed by atoms with E-state index < -0.39 is 10.0 Å². The number of halogens is 1. The van der Waals surface area contributed by atoms with Crippen molar-refractivity contribution in [3.05, 3.63) is 52.4 Å². The molecule has 0 radical (unpaired) electrons. The third kappa shape index (κ3) is 2.80. The largest absolute Gasteiger partial charge is 0.317 e. The van der Waals surface area contributed by atoms with E-state index in [4.69, 9.17) is 11.6 Å². The first-order valence-corrected chi connectivity index (χ1v) is 8.80. The summed E-state index contributed by atoms with van der Waals surface area (Å²) >= 11 is 6.01. The molecule has 22 heavy (non-hydrogen) atoms. The molecule has 2 aromatic rings. The second-order valence-electron chi connectivity index (χ2n) is 5.42. The van der Waals surface area contributed by atoms with E-state index in [1.807, 2.05) is 0 Å². The summed E-state index contributed by atoms with van der Waals surface area (Å²) in [6, 6.07) is 6.39. The predicted molar refractivity (Wildman–Crippen MR) is 84.1 cm³/mol. The van der Waals surface area contributed by atoms with Crippen molar-refractivity contribution in [2.45, 2.75) is 30.6 Å². The quantitative estimate of drug-likeness (QED) is 0.864. The molecule has 1 heterocycles.